The van der Waals surface area contributed by atoms with Gasteiger partial charge in [0.15, 0.2) is 0 Å². The Morgan fingerprint density at radius 3 is 2.67 bits per heavy atom. The number of benzene rings is 1. The lowest BCUT2D eigenvalue weighted by Gasteiger charge is -2.14. The zero-order valence-corrected chi connectivity index (χ0v) is 10.1. The molecule has 1 unspecified atom stereocenters. The predicted molar refractivity (Wildman–Crippen MR) is 66.9 cm³/mol. The Morgan fingerprint density at radius 1 is 1.39 bits per heavy atom. The van der Waals surface area contributed by atoms with Gasteiger partial charge in [-0.2, -0.15) is 5.10 Å². The van der Waals surface area contributed by atoms with Crippen LogP contribution in [0.5, 0.6) is 0 Å². The van der Waals surface area contributed by atoms with Crippen molar-refractivity contribution < 1.29 is 9.90 Å². The van der Waals surface area contributed by atoms with Crippen LogP contribution in [0.25, 0.3) is 0 Å². The second-order valence-electron chi connectivity index (χ2n) is 4.02. The SMILES string of the molecule is Cn1nccc1C(NCc1ccccc1)C(=O)O. The van der Waals surface area contributed by atoms with Crippen LogP contribution in [0.1, 0.15) is 17.3 Å². The number of aryl methyl sites for hydroxylation is 1. The van der Waals surface area contributed by atoms with Gasteiger partial charge in [-0.3, -0.25) is 14.8 Å². The fourth-order valence-electron chi connectivity index (χ4n) is 1.80. The summed E-state index contributed by atoms with van der Waals surface area (Å²) in [5, 5.41) is 16.3. The second kappa shape index (κ2) is 5.46. The van der Waals surface area contributed by atoms with Gasteiger partial charge in [0.1, 0.15) is 6.04 Å². The highest BCUT2D eigenvalue weighted by Gasteiger charge is 2.21. The van der Waals surface area contributed by atoms with Gasteiger partial charge in [0, 0.05) is 19.8 Å². The zero-order chi connectivity index (χ0) is 13.0. The van der Waals surface area contributed by atoms with Crippen molar-refractivity contribution in [1.29, 1.82) is 0 Å². The Bertz CT molecular complexity index is 522. The topological polar surface area (TPSA) is 67.2 Å². The molecule has 0 amide bonds. The third-order valence-electron chi connectivity index (χ3n) is 2.75. The number of hydrogen-bond acceptors (Lipinski definition) is 3. The molecule has 0 aliphatic carbocycles. The molecular weight excluding hydrogens is 230 g/mol. The molecular formula is C13H15N3O2. The van der Waals surface area contributed by atoms with Gasteiger partial charge in [-0.05, 0) is 11.6 Å². The molecule has 0 bridgehead atoms. The smallest absolute Gasteiger partial charge is 0.326 e. The van der Waals surface area contributed by atoms with Crippen LogP contribution in [0, 0.1) is 0 Å². The molecule has 1 heterocycles. The fourth-order valence-corrected chi connectivity index (χ4v) is 1.80. The van der Waals surface area contributed by atoms with E-state index in [0.29, 0.717) is 12.2 Å². The fraction of sp³-hybridized carbons (Fsp3) is 0.231. The van der Waals surface area contributed by atoms with E-state index in [0.717, 1.165) is 5.56 Å². The van der Waals surface area contributed by atoms with Crippen molar-refractivity contribution in [2.45, 2.75) is 12.6 Å². The number of carbonyl (C=O) groups is 1. The van der Waals surface area contributed by atoms with E-state index in [2.05, 4.69) is 10.4 Å². The molecule has 0 saturated heterocycles. The summed E-state index contributed by atoms with van der Waals surface area (Å²) in [4.78, 5) is 11.3. The minimum absolute atomic E-state index is 0.503. The summed E-state index contributed by atoms with van der Waals surface area (Å²) >= 11 is 0. The van der Waals surface area contributed by atoms with Gasteiger partial charge < -0.3 is 5.11 Å². The van der Waals surface area contributed by atoms with Gasteiger partial charge in [-0.15, -0.1) is 0 Å². The van der Waals surface area contributed by atoms with Crippen LogP contribution in [0.4, 0.5) is 0 Å². The lowest BCUT2D eigenvalue weighted by molar-refractivity contribution is -0.139. The first-order valence-corrected chi connectivity index (χ1v) is 5.66. The van der Waals surface area contributed by atoms with Crippen molar-refractivity contribution in [3.05, 3.63) is 53.9 Å². The normalized spacial score (nSPS) is 12.3. The van der Waals surface area contributed by atoms with Crippen LogP contribution in [0.15, 0.2) is 42.6 Å². The molecule has 1 aromatic heterocycles. The summed E-state index contributed by atoms with van der Waals surface area (Å²) in [5.41, 5.74) is 1.68. The average Bonchev–Trinajstić information content (AvgIpc) is 2.77. The number of nitrogens with zero attached hydrogens (tertiary/aromatic N) is 2. The lowest BCUT2D eigenvalue weighted by Crippen LogP contribution is -2.29. The molecule has 0 fully saturated rings. The highest BCUT2D eigenvalue weighted by atomic mass is 16.4. The Balaban J connectivity index is 2.09. The highest BCUT2D eigenvalue weighted by Crippen LogP contribution is 2.12. The minimum atomic E-state index is -0.908. The summed E-state index contributed by atoms with van der Waals surface area (Å²) in [5.74, 6) is -0.908. The molecule has 18 heavy (non-hydrogen) atoms. The Morgan fingerprint density at radius 2 is 2.11 bits per heavy atom. The highest BCUT2D eigenvalue weighted by molar-refractivity contribution is 5.74. The summed E-state index contributed by atoms with van der Waals surface area (Å²) < 4.78 is 1.57. The maximum absolute atomic E-state index is 11.3. The molecule has 2 rings (SSSR count). The molecule has 2 N–H and O–H groups in total. The molecule has 5 nitrogen and oxygen atoms in total. The summed E-state index contributed by atoms with van der Waals surface area (Å²) in [6.45, 7) is 0.503. The quantitative estimate of drug-likeness (QED) is 0.834. The maximum Gasteiger partial charge on any atom is 0.326 e. The second-order valence-corrected chi connectivity index (χ2v) is 4.02. The summed E-state index contributed by atoms with van der Waals surface area (Å²) in [6.07, 6.45) is 1.59. The molecule has 1 atom stereocenters. The van der Waals surface area contributed by atoms with Crippen molar-refractivity contribution in [3.8, 4) is 0 Å². The first kappa shape index (κ1) is 12.3. The van der Waals surface area contributed by atoms with Gasteiger partial charge in [0.05, 0.1) is 5.69 Å². The zero-order valence-electron chi connectivity index (χ0n) is 10.1. The number of aromatic nitrogens is 2. The molecule has 2 aromatic rings. The van der Waals surface area contributed by atoms with Gasteiger partial charge in [-0.1, -0.05) is 30.3 Å². The van der Waals surface area contributed by atoms with E-state index >= 15 is 0 Å². The third-order valence-corrected chi connectivity index (χ3v) is 2.75. The number of carboxylic acids is 1. The Labute approximate surface area is 105 Å². The van der Waals surface area contributed by atoms with Gasteiger partial charge in [-0.25, -0.2) is 0 Å². The maximum atomic E-state index is 11.3. The van der Waals surface area contributed by atoms with Crippen molar-refractivity contribution in [2.24, 2.45) is 7.05 Å². The van der Waals surface area contributed by atoms with E-state index in [1.165, 1.54) is 0 Å². The number of nitrogens with one attached hydrogen (secondary N) is 1. The number of aliphatic carboxylic acids is 1. The molecule has 0 spiro atoms. The van der Waals surface area contributed by atoms with Crippen molar-refractivity contribution in [1.82, 2.24) is 15.1 Å². The van der Waals surface area contributed by atoms with Crippen LogP contribution in [-0.2, 0) is 18.4 Å². The van der Waals surface area contributed by atoms with E-state index in [9.17, 15) is 9.90 Å². The third kappa shape index (κ3) is 2.75. The molecule has 0 aliphatic heterocycles. The first-order valence-electron chi connectivity index (χ1n) is 5.66. The molecule has 0 radical (unpaired) electrons. The van der Waals surface area contributed by atoms with Crippen LogP contribution in [0.3, 0.4) is 0 Å². The Hall–Kier alpha value is -2.14. The van der Waals surface area contributed by atoms with Crippen molar-refractivity contribution >= 4 is 5.97 Å². The van der Waals surface area contributed by atoms with Crippen LogP contribution in [0.2, 0.25) is 0 Å². The summed E-state index contributed by atoms with van der Waals surface area (Å²) in [7, 11) is 1.73. The van der Waals surface area contributed by atoms with E-state index in [-0.39, 0.29) is 0 Å². The van der Waals surface area contributed by atoms with E-state index in [1.807, 2.05) is 30.3 Å². The standard InChI is InChI=1S/C13H15N3O2/c1-16-11(7-8-15-16)12(13(17)18)14-9-10-5-3-2-4-6-10/h2-8,12,14H,9H2,1H3,(H,17,18). The first-order chi connectivity index (χ1) is 8.68. The van der Waals surface area contributed by atoms with E-state index in [4.69, 9.17) is 0 Å². The van der Waals surface area contributed by atoms with Crippen molar-refractivity contribution in [3.63, 3.8) is 0 Å². The number of rotatable bonds is 5. The van der Waals surface area contributed by atoms with Crippen LogP contribution >= 0.6 is 0 Å². The van der Waals surface area contributed by atoms with E-state index in [1.54, 1.807) is 24.0 Å². The summed E-state index contributed by atoms with van der Waals surface area (Å²) in [6, 6.07) is 10.6. The molecule has 0 aliphatic rings. The molecule has 5 heteroatoms. The largest absolute Gasteiger partial charge is 0.480 e. The van der Waals surface area contributed by atoms with Gasteiger partial charge in [0.25, 0.3) is 0 Å². The minimum Gasteiger partial charge on any atom is -0.480 e. The molecule has 94 valence electrons. The van der Waals surface area contributed by atoms with Crippen LogP contribution in [-0.4, -0.2) is 20.9 Å². The number of hydrogen-bond donors (Lipinski definition) is 2. The number of carboxylic acid groups (broad SMARTS) is 1. The monoisotopic (exact) mass is 245 g/mol. The van der Waals surface area contributed by atoms with Gasteiger partial charge in [0.2, 0.25) is 0 Å². The van der Waals surface area contributed by atoms with E-state index < -0.39 is 12.0 Å². The van der Waals surface area contributed by atoms with Crippen molar-refractivity contribution in [2.75, 3.05) is 0 Å². The Kier molecular flexibility index (Phi) is 3.74. The molecule has 0 saturated carbocycles. The average molecular weight is 245 g/mol. The van der Waals surface area contributed by atoms with Crippen LogP contribution < -0.4 is 5.32 Å². The predicted octanol–water partition coefficient (Wildman–Crippen LogP) is 1.34. The lowest BCUT2D eigenvalue weighted by atomic mass is 10.1. The molecule has 1 aromatic carbocycles. The van der Waals surface area contributed by atoms with Gasteiger partial charge >= 0.3 is 5.97 Å².